The number of carbonyl (C=O) groups excluding carboxylic acids is 1. The van der Waals surface area contributed by atoms with E-state index in [0.717, 1.165) is 12.0 Å². The lowest BCUT2D eigenvalue weighted by Gasteiger charge is -2.25. The van der Waals surface area contributed by atoms with Crippen LogP contribution in [0, 0.1) is 0 Å². The molecule has 0 bridgehead atoms. The van der Waals surface area contributed by atoms with Gasteiger partial charge in [0.1, 0.15) is 0 Å². The molecule has 0 aliphatic carbocycles. The summed E-state index contributed by atoms with van der Waals surface area (Å²) in [5, 5.41) is 3.49. The van der Waals surface area contributed by atoms with Gasteiger partial charge < -0.3 is 11.1 Å². The Bertz CT molecular complexity index is 394. The molecule has 0 aliphatic rings. The van der Waals surface area contributed by atoms with Crippen LogP contribution in [0.3, 0.4) is 0 Å². The van der Waals surface area contributed by atoms with Crippen LogP contribution in [0.25, 0.3) is 0 Å². The molecule has 0 radical (unpaired) electrons. The second-order valence-corrected chi connectivity index (χ2v) is 4.91. The lowest BCUT2D eigenvalue weighted by Crippen LogP contribution is -2.41. The Balaban J connectivity index is 0.00000289. The smallest absolute Gasteiger partial charge is 0.230 e. The Labute approximate surface area is 119 Å². The minimum atomic E-state index is -0.632. The summed E-state index contributed by atoms with van der Waals surface area (Å²) in [6.07, 6.45) is 0.782. The zero-order valence-electron chi connectivity index (χ0n) is 10.7. The van der Waals surface area contributed by atoms with Crippen molar-refractivity contribution in [3.63, 3.8) is 0 Å². The molecule has 1 aromatic rings. The third-order valence-corrected chi connectivity index (χ3v) is 3.11. The second kappa shape index (κ2) is 7.62. The molecule has 0 unspecified atom stereocenters. The van der Waals surface area contributed by atoms with Gasteiger partial charge in [-0.3, -0.25) is 4.79 Å². The van der Waals surface area contributed by atoms with E-state index < -0.39 is 5.41 Å². The van der Waals surface area contributed by atoms with Crippen molar-refractivity contribution < 1.29 is 4.79 Å². The number of carbonyl (C=O) groups is 1. The Hall–Kier alpha value is -0.770. The lowest BCUT2D eigenvalue weighted by atomic mass is 9.83. The molecule has 0 heterocycles. The number of nitrogens with one attached hydrogen (secondary N) is 1. The number of hydrogen-bond acceptors (Lipinski definition) is 2. The molecule has 0 aromatic heterocycles. The highest BCUT2D eigenvalue weighted by Crippen LogP contribution is 2.29. The minimum absolute atomic E-state index is 0. The van der Waals surface area contributed by atoms with Crippen molar-refractivity contribution in [3.05, 3.63) is 34.9 Å². The van der Waals surface area contributed by atoms with Crippen LogP contribution < -0.4 is 11.1 Å². The summed E-state index contributed by atoms with van der Waals surface area (Å²) in [6, 6.07) is 7.42. The Morgan fingerprint density at radius 3 is 2.56 bits per heavy atom. The SMILES string of the molecule is CC(C)(C(=O)NCCCN)c1ccccc1Cl.Cl. The molecular weight excluding hydrogens is 271 g/mol. The first-order valence-electron chi connectivity index (χ1n) is 5.73. The highest BCUT2D eigenvalue weighted by atomic mass is 35.5. The van der Waals surface area contributed by atoms with Crippen molar-refractivity contribution >= 4 is 29.9 Å². The first kappa shape index (κ1) is 17.2. The molecule has 102 valence electrons. The summed E-state index contributed by atoms with van der Waals surface area (Å²) < 4.78 is 0. The third kappa shape index (κ3) is 4.16. The molecule has 0 saturated carbocycles. The monoisotopic (exact) mass is 290 g/mol. The summed E-state index contributed by atoms with van der Waals surface area (Å²) >= 11 is 6.11. The fourth-order valence-corrected chi connectivity index (χ4v) is 1.99. The normalized spacial score (nSPS) is 10.7. The maximum atomic E-state index is 12.1. The molecule has 0 fully saturated rings. The average molecular weight is 291 g/mol. The van der Waals surface area contributed by atoms with Crippen molar-refractivity contribution in [1.82, 2.24) is 5.32 Å². The standard InChI is InChI=1S/C13H19ClN2O.ClH/c1-13(2,12(17)16-9-5-8-15)10-6-3-4-7-11(10)14;/h3-4,6-7H,5,8-9,15H2,1-2H3,(H,16,17);1H. The van der Waals surface area contributed by atoms with E-state index >= 15 is 0 Å². The first-order valence-corrected chi connectivity index (χ1v) is 6.11. The Morgan fingerprint density at radius 2 is 2.00 bits per heavy atom. The first-order chi connectivity index (χ1) is 8.00. The topological polar surface area (TPSA) is 55.1 Å². The van der Waals surface area contributed by atoms with E-state index in [-0.39, 0.29) is 18.3 Å². The minimum Gasteiger partial charge on any atom is -0.355 e. The molecule has 0 atom stereocenters. The van der Waals surface area contributed by atoms with E-state index in [1.165, 1.54) is 0 Å². The predicted octanol–water partition coefficient (Wildman–Crippen LogP) is 2.50. The number of benzene rings is 1. The number of nitrogens with two attached hydrogens (primary N) is 1. The highest BCUT2D eigenvalue weighted by molar-refractivity contribution is 6.31. The van der Waals surface area contributed by atoms with Crippen LogP contribution >= 0.6 is 24.0 Å². The van der Waals surface area contributed by atoms with E-state index in [4.69, 9.17) is 17.3 Å². The van der Waals surface area contributed by atoms with E-state index in [9.17, 15) is 4.79 Å². The van der Waals surface area contributed by atoms with Gasteiger partial charge in [0.05, 0.1) is 5.41 Å². The Morgan fingerprint density at radius 1 is 1.39 bits per heavy atom. The summed E-state index contributed by atoms with van der Waals surface area (Å²) in [4.78, 5) is 12.1. The molecule has 0 saturated heterocycles. The van der Waals surface area contributed by atoms with Crippen molar-refractivity contribution in [1.29, 1.82) is 0 Å². The van der Waals surface area contributed by atoms with Crippen LogP contribution in [0.2, 0.25) is 5.02 Å². The number of halogens is 2. The van der Waals surface area contributed by atoms with E-state index in [0.29, 0.717) is 18.1 Å². The van der Waals surface area contributed by atoms with Gasteiger partial charge in [0.15, 0.2) is 0 Å². The second-order valence-electron chi connectivity index (χ2n) is 4.50. The van der Waals surface area contributed by atoms with Crippen molar-refractivity contribution in [2.75, 3.05) is 13.1 Å². The van der Waals surface area contributed by atoms with Gasteiger partial charge in [0, 0.05) is 11.6 Å². The molecule has 18 heavy (non-hydrogen) atoms. The maximum absolute atomic E-state index is 12.1. The van der Waals surface area contributed by atoms with Gasteiger partial charge in [0.25, 0.3) is 0 Å². The van der Waals surface area contributed by atoms with Gasteiger partial charge in [-0.25, -0.2) is 0 Å². The van der Waals surface area contributed by atoms with Gasteiger partial charge in [-0.05, 0) is 38.4 Å². The molecule has 0 aliphatic heterocycles. The molecule has 1 aromatic carbocycles. The average Bonchev–Trinajstić information content (AvgIpc) is 2.29. The molecule has 5 heteroatoms. The van der Waals surface area contributed by atoms with Crippen LogP contribution in [-0.4, -0.2) is 19.0 Å². The van der Waals surface area contributed by atoms with Crippen LogP contribution in [0.4, 0.5) is 0 Å². The Kier molecular flexibility index (Phi) is 7.29. The van der Waals surface area contributed by atoms with Crippen LogP contribution in [0.5, 0.6) is 0 Å². The highest BCUT2D eigenvalue weighted by Gasteiger charge is 2.31. The third-order valence-electron chi connectivity index (χ3n) is 2.78. The number of hydrogen-bond donors (Lipinski definition) is 2. The molecule has 1 rings (SSSR count). The van der Waals surface area contributed by atoms with Gasteiger partial charge in [-0.1, -0.05) is 29.8 Å². The van der Waals surface area contributed by atoms with Gasteiger partial charge in [0.2, 0.25) is 5.91 Å². The summed E-state index contributed by atoms with van der Waals surface area (Å²) in [6.45, 7) is 4.91. The summed E-state index contributed by atoms with van der Waals surface area (Å²) in [7, 11) is 0. The summed E-state index contributed by atoms with van der Waals surface area (Å²) in [5.41, 5.74) is 5.59. The van der Waals surface area contributed by atoms with E-state index in [1.54, 1.807) is 6.07 Å². The van der Waals surface area contributed by atoms with Crippen molar-refractivity contribution in [2.45, 2.75) is 25.7 Å². The molecule has 1 amide bonds. The van der Waals surface area contributed by atoms with Gasteiger partial charge in [-0.15, -0.1) is 12.4 Å². The van der Waals surface area contributed by atoms with Crippen molar-refractivity contribution in [2.24, 2.45) is 5.73 Å². The van der Waals surface area contributed by atoms with Crippen LogP contribution in [0.15, 0.2) is 24.3 Å². The predicted molar refractivity (Wildman–Crippen MR) is 78.4 cm³/mol. The lowest BCUT2D eigenvalue weighted by molar-refractivity contribution is -0.125. The van der Waals surface area contributed by atoms with Crippen LogP contribution in [0.1, 0.15) is 25.8 Å². The number of rotatable bonds is 5. The fourth-order valence-electron chi connectivity index (χ4n) is 1.62. The van der Waals surface area contributed by atoms with E-state index in [1.807, 2.05) is 32.0 Å². The quantitative estimate of drug-likeness (QED) is 0.819. The zero-order valence-corrected chi connectivity index (χ0v) is 12.3. The van der Waals surface area contributed by atoms with Crippen molar-refractivity contribution in [3.8, 4) is 0 Å². The molecule has 0 spiro atoms. The summed E-state index contributed by atoms with van der Waals surface area (Å²) in [5.74, 6) is -0.0287. The van der Waals surface area contributed by atoms with Gasteiger partial charge >= 0.3 is 0 Å². The molecule has 3 nitrogen and oxygen atoms in total. The number of amides is 1. The largest absolute Gasteiger partial charge is 0.355 e. The molecule has 3 N–H and O–H groups in total. The van der Waals surface area contributed by atoms with Gasteiger partial charge in [-0.2, -0.15) is 0 Å². The maximum Gasteiger partial charge on any atom is 0.230 e. The van der Waals surface area contributed by atoms with E-state index in [2.05, 4.69) is 5.32 Å². The molecular formula is C13H20Cl2N2O. The van der Waals surface area contributed by atoms with Crippen LogP contribution in [-0.2, 0) is 10.2 Å². The fraction of sp³-hybridized carbons (Fsp3) is 0.462. The zero-order chi connectivity index (χ0) is 12.9.